The predicted octanol–water partition coefficient (Wildman–Crippen LogP) is 4.59. The van der Waals surface area contributed by atoms with E-state index in [0.717, 1.165) is 53.9 Å². The molecule has 2 aromatic heterocycles. The van der Waals surface area contributed by atoms with Crippen molar-refractivity contribution in [3.63, 3.8) is 0 Å². The molecule has 27 heavy (non-hydrogen) atoms. The third-order valence-electron chi connectivity index (χ3n) is 5.06. The lowest BCUT2D eigenvalue weighted by molar-refractivity contribution is 0.0956. The van der Waals surface area contributed by atoms with Crippen LogP contribution < -0.4 is 5.43 Å². The number of para-hydroxylation sites is 1. The van der Waals surface area contributed by atoms with Crippen LogP contribution in [-0.4, -0.2) is 21.6 Å². The number of carbonyl (C=O) groups is 1. The molecule has 4 rings (SSSR count). The van der Waals surface area contributed by atoms with Gasteiger partial charge in [-0.15, -0.1) is 0 Å². The maximum absolute atomic E-state index is 12.9. The molecule has 1 aliphatic carbocycles. The van der Waals surface area contributed by atoms with E-state index in [9.17, 15) is 4.79 Å². The molecule has 0 radical (unpaired) electrons. The van der Waals surface area contributed by atoms with Crippen molar-refractivity contribution in [3.8, 4) is 11.4 Å². The highest BCUT2D eigenvalue weighted by atomic mass is 16.2. The third kappa shape index (κ3) is 3.87. The Balaban J connectivity index is 1.67. The molecule has 136 valence electrons. The summed E-state index contributed by atoms with van der Waals surface area (Å²) in [7, 11) is 0. The number of nitrogens with one attached hydrogen (secondary N) is 1. The second kappa shape index (κ2) is 7.66. The molecule has 1 aromatic carbocycles. The normalized spacial score (nSPS) is 16.9. The van der Waals surface area contributed by atoms with E-state index in [1.54, 1.807) is 12.3 Å². The Morgan fingerprint density at radius 2 is 1.85 bits per heavy atom. The lowest BCUT2D eigenvalue weighted by atomic mass is 9.90. The number of nitrogens with zero attached hydrogens (tertiary/aromatic N) is 3. The average molecular weight is 358 g/mol. The number of hydrogen-bond donors (Lipinski definition) is 1. The summed E-state index contributed by atoms with van der Waals surface area (Å²) in [4.78, 5) is 21.9. The molecule has 0 spiro atoms. The molecule has 0 atom stereocenters. The maximum atomic E-state index is 12.9. The van der Waals surface area contributed by atoms with Crippen molar-refractivity contribution in [2.75, 3.05) is 0 Å². The van der Waals surface area contributed by atoms with Crippen molar-refractivity contribution in [1.82, 2.24) is 15.4 Å². The number of benzene rings is 1. The Morgan fingerprint density at radius 3 is 2.63 bits per heavy atom. The standard InChI is InChI=1S/C22H22N4O/c1-15-9-11-16(12-10-15)25-26-22(27)18-14-21(20-8-4-5-13-23-20)24-19-7-3-2-6-17(18)19/h2-8,13-15H,9-12H2,1H3,(H,26,27). The van der Waals surface area contributed by atoms with Gasteiger partial charge in [-0.1, -0.05) is 31.2 Å². The molecule has 1 fully saturated rings. The van der Waals surface area contributed by atoms with Gasteiger partial charge >= 0.3 is 0 Å². The topological polar surface area (TPSA) is 67.2 Å². The van der Waals surface area contributed by atoms with E-state index >= 15 is 0 Å². The number of hydrazone groups is 1. The van der Waals surface area contributed by atoms with Gasteiger partial charge in [0.25, 0.3) is 5.91 Å². The molecule has 1 N–H and O–H groups in total. The van der Waals surface area contributed by atoms with Crippen LogP contribution in [0.3, 0.4) is 0 Å². The van der Waals surface area contributed by atoms with Gasteiger partial charge in [0, 0.05) is 17.3 Å². The van der Waals surface area contributed by atoms with Gasteiger partial charge in [-0.05, 0) is 55.9 Å². The Hall–Kier alpha value is -3.08. The fraction of sp³-hybridized carbons (Fsp3) is 0.273. The van der Waals surface area contributed by atoms with Crippen LogP contribution in [0.25, 0.3) is 22.3 Å². The van der Waals surface area contributed by atoms with Crippen LogP contribution in [0.15, 0.2) is 59.8 Å². The lowest BCUT2D eigenvalue weighted by Crippen LogP contribution is -2.22. The monoisotopic (exact) mass is 358 g/mol. The van der Waals surface area contributed by atoms with Gasteiger partial charge in [-0.3, -0.25) is 9.78 Å². The molecule has 1 amide bonds. The molecule has 0 unspecified atom stereocenters. The number of rotatable bonds is 3. The summed E-state index contributed by atoms with van der Waals surface area (Å²) >= 11 is 0. The van der Waals surface area contributed by atoms with Gasteiger partial charge in [0.1, 0.15) is 0 Å². The smallest absolute Gasteiger partial charge is 0.267 e. The molecule has 2 heterocycles. The summed E-state index contributed by atoms with van der Waals surface area (Å²) < 4.78 is 0. The van der Waals surface area contributed by atoms with E-state index in [4.69, 9.17) is 0 Å². The second-order valence-corrected chi connectivity index (χ2v) is 7.09. The number of amides is 1. The number of pyridine rings is 2. The fourth-order valence-corrected chi connectivity index (χ4v) is 3.41. The first kappa shape index (κ1) is 17.3. The summed E-state index contributed by atoms with van der Waals surface area (Å²) in [6, 6.07) is 15.1. The van der Waals surface area contributed by atoms with Crippen LogP contribution in [-0.2, 0) is 0 Å². The Kier molecular flexibility index (Phi) is 4.92. The van der Waals surface area contributed by atoms with Crippen LogP contribution in [0.4, 0.5) is 0 Å². The molecule has 3 aromatic rings. The first-order valence-corrected chi connectivity index (χ1v) is 9.37. The van der Waals surface area contributed by atoms with Gasteiger partial charge < -0.3 is 0 Å². The van der Waals surface area contributed by atoms with Gasteiger partial charge in [-0.2, -0.15) is 5.10 Å². The number of hydrogen-bond acceptors (Lipinski definition) is 4. The first-order valence-electron chi connectivity index (χ1n) is 9.37. The zero-order valence-corrected chi connectivity index (χ0v) is 15.4. The van der Waals surface area contributed by atoms with Crippen molar-refractivity contribution in [2.24, 2.45) is 11.0 Å². The number of carbonyl (C=O) groups excluding carboxylic acids is 1. The van der Waals surface area contributed by atoms with Crippen LogP contribution in [0, 0.1) is 5.92 Å². The summed E-state index contributed by atoms with van der Waals surface area (Å²) in [5.74, 6) is 0.529. The van der Waals surface area contributed by atoms with Gasteiger partial charge in [0.05, 0.1) is 22.5 Å². The summed E-state index contributed by atoms with van der Waals surface area (Å²) in [6.45, 7) is 2.26. The summed E-state index contributed by atoms with van der Waals surface area (Å²) in [6.07, 6.45) is 5.91. The molecule has 1 saturated carbocycles. The van der Waals surface area contributed by atoms with Crippen molar-refractivity contribution >= 4 is 22.5 Å². The summed E-state index contributed by atoms with van der Waals surface area (Å²) in [5.41, 5.74) is 6.58. The maximum Gasteiger partial charge on any atom is 0.272 e. The Bertz CT molecular complexity index is 988. The van der Waals surface area contributed by atoms with Gasteiger partial charge in [-0.25, -0.2) is 10.4 Å². The first-order chi connectivity index (χ1) is 13.2. The SMILES string of the molecule is CC1CCC(=NNC(=O)c2cc(-c3ccccn3)nc3ccccc23)CC1. The molecular formula is C22H22N4O. The van der Waals surface area contributed by atoms with Crippen molar-refractivity contribution < 1.29 is 4.79 Å². The van der Waals surface area contributed by atoms with Crippen molar-refractivity contribution in [1.29, 1.82) is 0 Å². The highest BCUT2D eigenvalue weighted by Gasteiger charge is 2.16. The van der Waals surface area contributed by atoms with Crippen LogP contribution in [0.5, 0.6) is 0 Å². The minimum absolute atomic E-state index is 0.211. The molecule has 5 nitrogen and oxygen atoms in total. The second-order valence-electron chi connectivity index (χ2n) is 7.09. The molecule has 0 bridgehead atoms. The molecule has 5 heteroatoms. The zero-order chi connectivity index (χ0) is 18.6. The van der Waals surface area contributed by atoms with Gasteiger partial charge in [0.15, 0.2) is 0 Å². The van der Waals surface area contributed by atoms with Crippen molar-refractivity contribution in [3.05, 3.63) is 60.3 Å². The van der Waals surface area contributed by atoms with E-state index in [2.05, 4.69) is 27.4 Å². The van der Waals surface area contributed by atoms with E-state index < -0.39 is 0 Å². The van der Waals surface area contributed by atoms with Crippen LogP contribution in [0.1, 0.15) is 43.0 Å². The van der Waals surface area contributed by atoms with E-state index in [1.165, 1.54) is 0 Å². The zero-order valence-electron chi connectivity index (χ0n) is 15.4. The molecule has 0 aliphatic heterocycles. The highest BCUT2D eigenvalue weighted by molar-refractivity contribution is 6.07. The predicted molar refractivity (Wildman–Crippen MR) is 108 cm³/mol. The molecule has 0 saturated heterocycles. The molecule has 1 aliphatic rings. The highest BCUT2D eigenvalue weighted by Crippen LogP contribution is 2.24. The van der Waals surface area contributed by atoms with Crippen LogP contribution >= 0.6 is 0 Å². The minimum Gasteiger partial charge on any atom is -0.267 e. The Labute approximate surface area is 158 Å². The quantitative estimate of drug-likeness (QED) is 0.696. The van der Waals surface area contributed by atoms with Crippen molar-refractivity contribution in [2.45, 2.75) is 32.6 Å². The molecular weight excluding hydrogens is 336 g/mol. The minimum atomic E-state index is -0.211. The lowest BCUT2D eigenvalue weighted by Gasteiger charge is -2.18. The van der Waals surface area contributed by atoms with E-state index in [0.29, 0.717) is 11.3 Å². The van der Waals surface area contributed by atoms with Gasteiger partial charge in [0.2, 0.25) is 0 Å². The number of fused-ring (bicyclic) bond motifs is 1. The van der Waals surface area contributed by atoms with Crippen LogP contribution in [0.2, 0.25) is 0 Å². The number of aromatic nitrogens is 2. The fourth-order valence-electron chi connectivity index (χ4n) is 3.41. The largest absolute Gasteiger partial charge is 0.272 e. The average Bonchev–Trinajstić information content (AvgIpc) is 2.73. The van der Waals surface area contributed by atoms with E-state index in [1.807, 2.05) is 42.5 Å². The van der Waals surface area contributed by atoms with E-state index in [-0.39, 0.29) is 5.91 Å². The third-order valence-corrected chi connectivity index (χ3v) is 5.06. The Morgan fingerprint density at radius 1 is 1.07 bits per heavy atom. The summed E-state index contributed by atoms with van der Waals surface area (Å²) in [5, 5.41) is 5.20.